The summed E-state index contributed by atoms with van der Waals surface area (Å²) in [5, 5.41) is 12.5. The van der Waals surface area contributed by atoms with Crippen molar-refractivity contribution in [2.75, 3.05) is 0 Å². The minimum atomic E-state index is 0.781. The van der Waals surface area contributed by atoms with E-state index in [0.717, 1.165) is 67.1 Å². The molecule has 0 aliphatic carbocycles. The van der Waals surface area contributed by atoms with Crippen LogP contribution >= 0.6 is 0 Å². The molecular weight excluding hydrogens is 514 g/mol. The van der Waals surface area contributed by atoms with Crippen molar-refractivity contribution in [2.45, 2.75) is 0 Å². The minimum Gasteiger partial charge on any atom is -0.214 e. The number of aromatic nitrogens is 5. The Labute approximate surface area is 243 Å². The van der Waals surface area contributed by atoms with Gasteiger partial charge in [0.15, 0.2) is 11.3 Å². The number of nitrogens with zero attached hydrogens (tertiary/aromatic N) is 5. The lowest BCUT2D eigenvalue weighted by Crippen LogP contribution is -2.01. The molecule has 0 N–H and O–H groups in total. The van der Waals surface area contributed by atoms with Crippen molar-refractivity contribution >= 4 is 22.1 Å². The second kappa shape index (κ2) is 9.98. The lowest BCUT2D eigenvalue weighted by molar-refractivity contribution is 0.884. The number of rotatable bonds is 5. The molecule has 0 bridgehead atoms. The smallest absolute Gasteiger partial charge is 0.166 e. The zero-order valence-electron chi connectivity index (χ0n) is 22.7. The van der Waals surface area contributed by atoms with Crippen LogP contribution in [0.4, 0.5) is 0 Å². The van der Waals surface area contributed by atoms with Gasteiger partial charge in [-0.15, -0.1) is 0 Å². The highest BCUT2D eigenvalue weighted by Crippen LogP contribution is 2.44. The first kappa shape index (κ1) is 24.0. The predicted octanol–water partition coefficient (Wildman–Crippen LogP) is 8.76. The number of hydrogen-bond acceptors (Lipinski definition) is 3. The van der Waals surface area contributed by atoms with Crippen molar-refractivity contribution < 1.29 is 0 Å². The third-order valence-electron chi connectivity index (χ3n) is 7.59. The Bertz CT molecular complexity index is 2010. The molecule has 198 valence electrons. The fraction of sp³-hybridized carbons (Fsp3) is 0. The standard InChI is InChI=1S/C37H25N5/c1-6-16-26(17-7-1)31-32-34(27-18-8-2-9-19-27)39-41(29-22-12-4-13-23-29)36(32)38-37-33(31)35(28-20-10-3-11-21-28)40-42(37)30-24-14-5-15-25-30/h1-25H. The van der Waals surface area contributed by atoms with Crippen LogP contribution in [-0.2, 0) is 0 Å². The fourth-order valence-corrected chi connectivity index (χ4v) is 5.70. The van der Waals surface area contributed by atoms with Crippen LogP contribution in [0.15, 0.2) is 152 Å². The van der Waals surface area contributed by atoms with Crippen LogP contribution in [0, 0.1) is 0 Å². The first-order chi connectivity index (χ1) is 20.9. The van der Waals surface area contributed by atoms with Gasteiger partial charge in [-0.3, -0.25) is 0 Å². The molecule has 0 unspecified atom stereocenters. The van der Waals surface area contributed by atoms with Crippen LogP contribution in [0.25, 0.3) is 67.1 Å². The Kier molecular flexibility index (Phi) is 5.71. The number of para-hydroxylation sites is 2. The van der Waals surface area contributed by atoms with Crippen LogP contribution in [0.2, 0.25) is 0 Å². The van der Waals surface area contributed by atoms with E-state index in [0.29, 0.717) is 0 Å². The number of fused-ring (bicyclic) bond motifs is 2. The molecule has 0 radical (unpaired) electrons. The fourth-order valence-electron chi connectivity index (χ4n) is 5.70. The highest BCUT2D eigenvalue weighted by atomic mass is 15.3. The van der Waals surface area contributed by atoms with E-state index in [1.165, 1.54) is 0 Å². The quantitative estimate of drug-likeness (QED) is 0.220. The highest BCUT2D eigenvalue weighted by Gasteiger charge is 2.27. The van der Waals surface area contributed by atoms with Crippen LogP contribution in [0.1, 0.15) is 0 Å². The lowest BCUT2D eigenvalue weighted by atomic mass is 9.94. The van der Waals surface area contributed by atoms with E-state index in [1.807, 2.05) is 57.9 Å². The van der Waals surface area contributed by atoms with Gasteiger partial charge < -0.3 is 0 Å². The molecule has 42 heavy (non-hydrogen) atoms. The lowest BCUT2D eigenvalue weighted by Gasteiger charge is -2.11. The summed E-state index contributed by atoms with van der Waals surface area (Å²) < 4.78 is 3.93. The molecule has 5 nitrogen and oxygen atoms in total. The summed E-state index contributed by atoms with van der Waals surface area (Å²) in [5.41, 5.74) is 9.45. The topological polar surface area (TPSA) is 48.5 Å². The van der Waals surface area contributed by atoms with Crippen LogP contribution in [0.5, 0.6) is 0 Å². The molecule has 0 saturated carbocycles. The molecule has 0 aliphatic heterocycles. The van der Waals surface area contributed by atoms with Crippen LogP contribution in [0.3, 0.4) is 0 Å². The second-order valence-corrected chi connectivity index (χ2v) is 10.2. The van der Waals surface area contributed by atoms with Crippen molar-refractivity contribution in [3.05, 3.63) is 152 Å². The molecule has 5 heteroatoms. The van der Waals surface area contributed by atoms with E-state index in [4.69, 9.17) is 15.2 Å². The number of pyridine rings is 1. The van der Waals surface area contributed by atoms with Crippen molar-refractivity contribution in [3.63, 3.8) is 0 Å². The van der Waals surface area contributed by atoms with Gasteiger partial charge in [0, 0.05) is 16.7 Å². The largest absolute Gasteiger partial charge is 0.214 e. The third kappa shape index (κ3) is 3.91. The summed E-state index contributed by atoms with van der Waals surface area (Å²) in [6.45, 7) is 0. The van der Waals surface area contributed by atoms with Crippen molar-refractivity contribution in [1.82, 2.24) is 24.5 Å². The maximum atomic E-state index is 5.41. The van der Waals surface area contributed by atoms with Gasteiger partial charge in [-0.05, 0) is 29.8 Å². The molecule has 0 aliphatic rings. The maximum absolute atomic E-state index is 5.41. The Morgan fingerprint density at radius 3 is 1.07 bits per heavy atom. The Morgan fingerprint density at radius 1 is 0.357 bits per heavy atom. The molecule has 0 amide bonds. The summed E-state index contributed by atoms with van der Waals surface area (Å²) >= 11 is 0. The average Bonchev–Trinajstić information content (AvgIpc) is 3.65. The van der Waals surface area contributed by atoms with E-state index >= 15 is 0 Å². The molecule has 0 fully saturated rings. The molecule has 0 saturated heterocycles. The first-order valence-electron chi connectivity index (χ1n) is 14.0. The van der Waals surface area contributed by atoms with E-state index in [2.05, 4.69) is 103 Å². The maximum Gasteiger partial charge on any atom is 0.166 e. The van der Waals surface area contributed by atoms with E-state index < -0.39 is 0 Å². The van der Waals surface area contributed by atoms with Gasteiger partial charge in [0.25, 0.3) is 0 Å². The van der Waals surface area contributed by atoms with E-state index in [9.17, 15) is 0 Å². The van der Waals surface area contributed by atoms with Gasteiger partial charge in [0.1, 0.15) is 11.4 Å². The first-order valence-corrected chi connectivity index (χ1v) is 14.0. The zero-order valence-corrected chi connectivity index (χ0v) is 22.7. The molecule has 3 heterocycles. The molecule has 0 spiro atoms. The second-order valence-electron chi connectivity index (χ2n) is 10.2. The van der Waals surface area contributed by atoms with Gasteiger partial charge in [-0.25, -0.2) is 14.3 Å². The normalized spacial score (nSPS) is 11.3. The Balaban J connectivity index is 1.62. The minimum absolute atomic E-state index is 0.781. The molecule has 5 aromatic carbocycles. The van der Waals surface area contributed by atoms with Crippen molar-refractivity contribution in [3.8, 4) is 45.0 Å². The Morgan fingerprint density at radius 2 is 0.690 bits per heavy atom. The SMILES string of the molecule is c1ccc(-c2nn(-c3ccccc3)c3nc4c(c(-c5ccccc5)nn4-c4ccccc4)c(-c4ccccc4)c23)cc1. The number of benzene rings is 5. The van der Waals surface area contributed by atoms with Gasteiger partial charge >= 0.3 is 0 Å². The summed E-state index contributed by atoms with van der Waals surface area (Å²) in [6.07, 6.45) is 0. The molecular formula is C37H25N5. The van der Waals surface area contributed by atoms with Crippen molar-refractivity contribution in [1.29, 1.82) is 0 Å². The van der Waals surface area contributed by atoms with Gasteiger partial charge in [0.2, 0.25) is 0 Å². The average molecular weight is 540 g/mol. The summed E-state index contributed by atoms with van der Waals surface area (Å²) in [6, 6.07) is 51.7. The molecule has 8 aromatic rings. The summed E-state index contributed by atoms with van der Waals surface area (Å²) in [4.78, 5) is 5.41. The van der Waals surface area contributed by atoms with Gasteiger partial charge in [-0.2, -0.15) is 10.2 Å². The summed E-state index contributed by atoms with van der Waals surface area (Å²) in [7, 11) is 0. The summed E-state index contributed by atoms with van der Waals surface area (Å²) in [5.74, 6) is 0. The molecule has 8 rings (SSSR count). The van der Waals surface area contributed by atoms with Gasteiger partial charge in [0.05, 0.1) is 22.1 Å². The molecule has 3 aromatic heterocycles. The van der Waals surface area contributed by atoms with Crippen LogP contribution in [-0.4, -0.2) is 24.5 Å². The van der Waals surface area contributed by atoms with E-state index in [1.54, 1.807) is 0 Å². The molecule has 0 atom stereocenters. The Hall–Kier alpha value is -5.81. The highest BCUT2D eigenvalue weighted by molar-refractivity contribution is 6.17. The van der Waals surface area contributed by atoms with Crippen molar-refractivity contribution in [2.24, 2.45) is 0 Å². The monoisotopic (exact) mass is 539 g/mol. The van der Waals surface area contributed by atoms with E-state index in [-0.39, 0.29) is 0 Å². The van der Waals surface area contributed by atoms with Crippen LogP contribution < -0.4 is 0 Å². The van der Waals surface area contributed by atoms with Gasteiger partial charge in [-0.1, -0.05) is 127 Å². The predicted molar refractivity (Wildman–Crippen MR) is 170 cm³/mol. The third-order valence-corrected chi connectivity index (χ3v) is 7.59. The number of hydrogen-bond donors (Lipinski definition) is 0. The zero-order chi connectivity index (χ0) is 27.9.